The summed E-state index contributed by atoms with van der Waals surface area (Å²) >= 11 is 1.78. The lowest BCUT2D eigenvalue weighted by molar-refractivity contribution is -0.134. The molecule has 0 unspecified atom stereocenters. The summed E-state index contributed by atoms with van der Waals surface area (Å²) in [5.74, 6) is -0.305. The van der Waals surface area contributed by atoms with Gasteiger partial charge in [0.1, 0.15) is 6.54 Å². The number of para-hydroxylation sites is 1. The zero-order chi connectivity index (χ0) is 19.0. The van der Waals surface area contributed by atoms with Crippen molar-refractivity contribution in [3.63, 3.8) is 0 Å². The number of thiophene rings is 1. The number of benzene rings is 1. The van der Waals surface area contributed by atoms with Gasteiger partial charge in [-0.3, -0.25) is 4.79 Å². The number of amides is 1. The van der Waals surface area contributed by atoms with Crippen LogP contribution in [-0.4, -0.2) is 35.0 Å². The van der Waals surface area contributed by atoms with E-state index in [-0.39, 0.29) is 24.5 Å². The third-order valence-corrected chi connectivity index (χ3v) is 6.30. The molecule has 0 saturated heterocycles. The van der Waals surface area contributed by atoms with Gasteiger partial charge in [0.15, 0.2) is 0 Å². The van der Waals surface area contributed by atoms with Crippen LogP contribution in [0.25, 0.3) is 10.9 Å². The van der Waals surface area contributed by atoms with Gasteiger partial charge in [0.25, 0.3) is 0 Å². The topological polar surface area (TPSA) is 51.5 Å². The van der Waals surface area contributed by atoms with Crippen molar-refractivity contribution in [1.29, 1.82) is 0 Å². The first kappa shape index (κ1) is 17.8. The van der Waals surface area contributed by atoms with Crippen LogP contribution in [0.1, 0.15) is 40.2 Å². The van der Waals surface area contributed by atoms with Gasteiger partial charge in [0.2, 0.25) is 5.91 Å². The molecule has 4 rings (SSSR count). The van der Waals surface area contributed by atoms with Gasteiger partial charge in [-0.25, -0.2) is 4.79 Å². The van der Waals surface area contributed by atoms with Crippen LogP contribution in [0, 0.1) is 0 Å². The number of carbonyl (C=O) groups is 2. The van der Waals surface area contributed by atoms with E-state index in [0.717, 1.165) is 30.3 Å². The highest BCUT2D eigenvalue weighted by Crippen LogP contribution is 2.35. The number of esters is 1. The smallest absolute Gasteiger partial charge is 0.340 e. The zero-order valence-electron chi connectivity index (χ0n) is 15.5. The van der Waals surface area contributed by atoms with Crippen LogP contribution in [-0.2, 0) is 22.5 Å². The molecule has 0 bridgehead atoms. The molecule has 0 spiro atoms. The van der Waals surface area contributed by atoms with Crippen LogP contribution in [0.4, 0.5) is 0 Å². The van der Waals surface area contributed by atoms with Crippen LogP contribution in [0.5, 0.6) is 0 Å². The highest BCUT2D eigenvalue weighted by molar-refractivity contribution is 7.10. The summed E-state index contributed by atoms with van der Waals surface area (Å²) in [6, 6.07) is 9.90. The Hall–Kier alpha value is -2.60. The fraction of sp³-hybridized carbons (Fsp3) is 0.333. The van der Waals surface area contributed by atoms with Crippen molar-refractivity contribution in [2.45, 2.75) is 32.4 Å². The van der Waals surface area contributed by atoms with Crippen LogP contribution in [0.3, 0.4) is 0 Å². The molecule has 5 nitrogen and oxygen atoms in total. The van der Waals surface area contributed by atoms with Gasteiger partial charge in [-0.1, -0.05) is 25.1 Å². The van der Waals surface area contributed by atoms with Crippen molar-refractivity contribution in [2.75, 3.05) is 13.7 Å². The van der Waals surface area contributed by atoms with Crippen LogP contribution >= 0.6 is 11.3 Å². The van der Waals surface area contributed by atoms with E-state index in [2.05, 4.69) is 18.4 Å². The highest BCUT2D eigenvalue weighted by atomic mass is 32.1. The van der Waals surface area contributed by atoms with E-state index in [9.17, 15) is 9.59 Å². The average Bonchev–Trinajstić information content (AvgIpc) is 3.31. The van der Waals surface area contributed by atoms with E-state index in [1.807, 2.05) is 33.7 Å². The van der Waals surface area contributed by atoms with E-state index in [0.29, 0.717) is 5.56 Å². The third kappa shape index (κ3) is 3.04. The second kappa shape index (κ2) is 7.19. The monoisotopic (exact) mass is 382 g/mol. The van der Waals surface area contributed by atoms with Gasteiger partial charge in [-0.2, -0.15) is 0 Å². The molecule has 3 aromatic rings. The highest BCUT2D eigenvalue weighted by Gasteiger charge is 2.30. The lowest BCUT2D eigenvalue weighted by Gasteiger charge is -2.35. The Bertz CT molecular complexity index is 1000. The van der Waals surface area contributed by atoms with Crippen LogP contribution in [0.2, 0.25) is 0 Å². The molecule has 1 atom stereocenters. The molecule has 6 heteroatoms. The molecule has 0 N–H and O–H groups in total. The number of carbonyl (C=O) groups excluding carboxylic acids is 2. The van der Waals surface area contributed by atoms with Crippen molar-refractivity contribution < 1.29 is 14.3 Å². The lowest BCUT2D eigenvalue weighted by atomic mass is 9.98. The van der Waals surface area contributed by atoms with Gasteiger partial charge < -0.3 is 14.2 Å². The van der Waals surface area contributed by atoms with E-state index in [1.54, 1.807) is 17.5 Å². The Morgan fingerprint density at radius 2 is 2.07 bits per heavy atom. The van der Waals surface area contributed by atoms with Gasteiger partial charge in [-0.15, -0.1) is 11.3 Å². The van der Waals surface area contributed by atoms with Gasteiger partial charge in [0.05, 0.1) is 18.7 Å². The normalized spacial score (nSPS) is 16.4. The minimum Gasteiger partial charge on any atom is -0.465 e. The Morgan fingerprint density at radius 3 is 2.85 bits per heavy atom. The summed E-state index contributed by atoms with van der Waals surface area (Å²) in [6.45, 7) is 3.08. The number of aromatic nitrogens is 1. The average molecular weight is 382 g/mol. The maximum atomic E-state index is 13.2. The number of fused-ring (bicyclic) bond motifs is 2. The zero-order valence-corrected chi connectivity index (χ0v) is 16.3. The molecule has 1 aliphatic rings. The van der Waals surface area contributed by atoms with E-state index >= 15 is 0 Å². The molecule has 1 aromatic carbocycles. The number of ether oxygens (including phenoxy) is 1. The Kier molecular flexibility index (Phi) is 4.74. The van der Waals surface area contributed by atoms with Crippen molar-refractivity contribution in [3.05, 3.63) is 57.9 Å². The molecule has 0 radical (unpaired) electrons. The summed E-state index contributed by atoms with van der Waals surface area (Å²) < 4.78 is 6.76. The molecule has 27 heavy (non-hydrogen) atoms. The van der Waals surface area contributed by atoms with E-state index in [1.165, 1.54) is 17.6 Å². The summed E-state index contributed by atoms with van der Waals surface area (Å²) in [6.07, 6.45) is 3.54. The fourth-order valence-corrected chi connectivity index (χ4v) is 4.95. The second-order valence-corrected chi connectivity index (χ2v) is 7.74. The molecular formula is C21H22N2O3S. The van der Waals surface area contributed by atoms with E-state index < -0.39 is 0 Å². The number of hydrogen-bond acceptors (Lipinski definition) is 4. The molecule has 0 fully saturated rings. The second-order valence-electron chi connectivity index (χ2n) is 6.74. The van der Waals surface area contributed by atoms with Crippen molar-refractivity contribution in [1.82, 2.24) is 9.47 Å². The largest absolute Gasteiger partial charge is 0.465 e. The SMILES string of the molecule is CC[C@@H]1c2ccsc2CCN1C(=O)Cn1cc(C(=O)OC)c2ccccc21. The molecule has 140 valence electrons. The summed E-state index contributed by atoms with van der Waals surface area (Å²) in [4.78, 5) is 28.6. The standard InChI is InChI=1S/C21H22N2O3S/c1-3-17-15-9-11-27-19(15)8-10-23(17)20(24)13-22-12-16(21(25)26-2)14-6-4-5-7-18(14)22/h4-7,9,11-12,17H,3,8,10,13H2,1-2H3/t17-/m1/s1. The van der Waals surface area contributed by atoms with Crippen LogP contribution < -0.4 is 0 Å². The Labute approximate surface area is 162 Å². The van der Waals surface area contributed by atoms with Crippen molar-refractivity contribution in [3.8, 4) is 0 Å². The fourth-order valence-electron chi connectivity index (χ4n) is 4.02. The number of hydrogen-bond donors (Lipinski definition) is 0. The lowest BCUT2D eigenvalue weighted by Crippen LogP contribution is -2.41. The number of nitrogens with zero attached hydrogens (tertiary/aromatic N) is 2. The summed E-state index contributed by atoms with van der Waals surface area (Å²) in [7, 11) is 1.37. The first-order valence-electron chi connectivity index (χ1n) is 9.16. The predicted molar refractivity (Wildman–Crippen MR) is 106 cm³/mol. The van der Waals surface area contributed by atoms with Gasteiger partial charge in [-0.05, 0) is 35.9 Å². The number of rotatable bonds is 4. The predicted octanol–water partition coefficient (Wildman–Crippen LogP) is 4.03. The molecule has 1 aliphatic heterocycles. The maximum absolute atomic E-state index is 13.2. The van der Waals surface area contributed by atoms with Gasteiger partial charge in [0, 0.05) is 28.5 Å². The van der Waals surface area contributed by atoms with Gasteiger partial charge >= 0.3 is 5.97 Å². The molecule has 1 amide bonds. The van der Waals surface area contributed by atoms with E-state index in [4.69, 9.17) is 4.74 Å². The Balaban J connectivity index is 1.65. The summed E-state index contributed by atoms with van der Waals surface area (Å²) in [5.41, 5.74) is 2.65. The number of methoxy groups -OCH3 is 1. The maximum Gasteiger partial charge on any atom is 0.340 e. The van der Waals surface area contributed by atoms with Crippen molar-refractivity contribution in [2.24, 2.45) is 0 Å². The Morgan fingerprint density at radius 1 is 1.26 bits per heavy atom. The quantitative estimate of drug-likeness (QED) is 0.640. The third-order valence-electron chi connectivity index (χ3n) is 5.30. The molecular weight excluding hydrogens is 360 g/mol. The molecule has 3 heterocycles. The van der Waals surface area contributed by atoms with Crippen molar-refractivity contribution >= 4 is 34.1 Å². The summed E-state index contributed by atoms with van der Waals surface area (Å²) in [5, 5.41) is 2.92. The minimum absolute atomic E-state index is 0.0795. The molecule has 0 aliphatic carbocycles. The first-order valence-corrected chi connectivity index (χ1v) is 10.0. The molecule has 2 aromatic heterocycles. The minimum atomic E-state index is -0.385. The molecule has 0 saturated carbocycles. The first-order chi connectivity index (χ1) is 13.1. The van der Waals surface area contributed by atoms with Crippen LogP contribution in [0.15, 0.2) is 41.9 Å².